The maximum Gasteiger partial charge on any atom is 0.257 e. The number of fused-ring (bicyclic) bond motifs is 1. The van der Waals surface area contributed by atoms with Crippen molar-refractivity contribution < 1.29 is 17.9 Å². The Hall–Kier alpha value is -2.64. The highest BCUT2D eigenvalue weighted by Gasteiger charge is 2.41. The summed E-state index contributed by atoms with van der Waals surface area (Å²) in [5, 5.41) is 10.6. The van der Waals surface area contributed by atoms with Gasteiger partial charge < -0.3 is 9.47 Å². The lowest BCUT2D eigenvalue weighted by Gasteiger charge is -2.31. The van der Waals surface area contributed by atoms with E-state index in [1.54, 1.807) is 6.07 Å². The Kier molecular flexibility index (Phi) is 6.40. The fourth-order valence-corrected chi connectivity index (χ4v) is 5.90. The number of nitriles is 1. The minimum absolute atomic E-state index is 0.0767. The van der Waals surface area contributed by atoms with Crippen LogP contribution in [-0.4, -0.2) is 40.7 Å². The van der Waals surface area contributed by atoms with E-state index in [9.17, 15) is 18.5 Å². The molecule has 0 saturated carbocycles. The van der Waals surface area contributed by atoms with Crippen LogP contribution in [-0.2, 0) is 31.3 Å². The molecule has 11 heteroatoms. The highest BCUT2D eigenvalue weighted by atomic mass is 35.5. The molecule has 170 valence electrons. The minimum Gasteiger partial charge on any atom is -0.459 e. The van der Waals surface area contributed by atoms with Crippen molar-refractivity contribution in [1.82, 2.24) is 14.5 Å². The summed E-state index contributed by atoms with van der Waals surface area (Å²) in [7, 11) is -3.21. The van der Waals surface area contributed by atoms with Crippen LogP contribution < -0.4 is 5.56 Å². The summed E-state index contributed by atoms with van der Waals surface area (Å²) in [4.78, 5) is 21.8. The van der Waals surface area contributed by atoms with E-state index in [2.05, 4.69) is 16.0 Å². The zero-order valence-electron chi connectivity index (χ0n) is 17.4. The molecule has 2 aliphatic rings. The highest BCUT2D eigenvalue weighted by molar-refractivity contribution is 7.91. The Morgan fingerprint density at radius 1 is 1.19 bits per heavy atom. The second-order valence-corrected chi connectivity index (χ2v) is 10.7. The van der Waals surface area contributed by atoms with Crippen LogP contribution in [0.3, 0.4) is 0 Å². The molecule has 0 amide bonds. The lowest BCUT2D eigenvalue weighted by Crippen LogP contribution is -2.41. The quantitative estimate of drug-likeness (QED) is 0.439. The molecule has 2 aliphatic heterocycles. The Labute approximate surface area is 190 Å². The molecule has 0 atom stereocenters. The van der Waals surface area contributed by atoms with Gasteiger partial charge in [0.15, 0.2) is 0 Å². The second-order valence-electron chi connectivity index (χ2n) is 8.09. The van der Waals surface area contributed by atoms with Crippen molar-refractivity contribution in [3.8, 4) is 6.07 Å². The van der Waals surface area contributed by atoms with Gasteiger partial charge in [0.25, 0.3) is 5.56 Å². The number of aryl methyl sites for hydroxylation is 1. The third-order valence-corrected chi connectivity index (χ3v) is 8.03. The monoisotopic (exact) mass is 478 g/mol. The first kappa shape index (κ1) is 22.6. The average molecular weight is 479 g/mol. The molecule has 2 aromatic rings. The smallest absolute Gasteiger partial charge is 0.257 e. The van der Waals surface area contributed by atoms with Crippen LogP contribution in [0.5, 0.6) is 0 Å². The SMILES string of the molecule is N#CC1(c2cc3c(Cl)ncnc3n(CCCCCC3OC=CO3)c2=O)CCS(=O)(=O)CC1. The van der Waals surface area contributed by atoms with Crippen molar-refractivity contribution in [2.24, 2.45) is 0 Å². The molecule has 0 aliphatic carbocycles. The van der Waals surface area contributed by atoms with Crippen LogP contribution in [0.15, 0.2) is 29.7 Å². The standard InChI is InChI=1S/C21H23ClN4O5S/c22-18-15-12-16(21(13-23)5-10-32(28,29)11-6-21)20(27)26(19(15)25-14-24-18)7-3-1-2-4-17-30-8-9-31-17/h8-9,12,14,17H,1-7,10-11H2. The number of ether oxygens (including phenoxy) is 2. The van der Waals surface area contributed by atoms with Crippen LogP contribution in [0.4, 0.5) is 0 Å². The van der Waals surface area contributed by atoms with Crippen LogP contribution >= 0.6 is 11.6 Å². The topological polar surface area (TPSA) is 124 Å². The van der Waals surface area contributed by atoms with Gasteiger partial charge in [0, 0.05) is 18.5 Å². The molecule has 9 nitrogen and oxygen atoms in total. The van der Waals surface area contributed by atoms with Crippen LogP contribution in [0, 0.1) is 11.3 Å². The van der Waals surface area contributed by atoms with Gasteiger partial charge in [0.05, 0.1) is 28.4 Å². The van der Waals surface area contributed by atoms with Gasteiger partial charge in [0.2, 0.25) is 6.29 Å². The van der Waals surface area contributed by atoms with Gasteiger partial charge in [-0.3, -0.25) is 9.36 Å². The van der Waals surface area contributed by atoms with Gasteiger partial charge in [-0.2, -0.15) is 5.26 Å². The normalized spacial score (nSPS) is 19.4. The molecule has 0 aromatic carbocycles. The van der Waals surface area contributed by atoms with E-state index in [1.807, 2.05) is 0 Å². The number of halogens is 1. The van der Waals surface area contributed by atoms with Crippen molar-refractivity contribution in [3.63, 3.8) is 0 Å². The maximum atomic E-state index is 13.5. The third kappa shape index (κ3) is 4.45. The van der Waals surface area contributed by atoms with E-state index >= 15 is 0 Å². The number of hydrogen-bond donors (Lipinski definition) is 0. The summed E-state index contributed by atoms with van der Waals surface area (Å²) in [6.07, 6.45) is 7.37. The fraction of sp³-hybridized carbons (Fsp3) is 0.524. The molecule has 32 heavy (non-hydrogen) atoms. The average Bonchev–Trinajstić information content (AvgIpc) is 3.29. The number of unbranched alkanes of at least 4 members (excludes halogenated alkanes) is 2. The molecule has 0 unspecified atom stereocenters. The number of pyridine rings is 1. The number of sulfone groups is 1. The van der Waals surface area contributed by atoms with Crippen molar-refractivity contribution in [2.45, 2.75) is 56.8 Å². The largest absolute Gasteiger partial charge is 0.459 e. The third-order valence-electron chi connectivity index (χ3n) is 6.08. The molecular formula is C21H23ClN4O5S. The van der Waals surface area contributed by atoms with Crippen LogP contribution in [0.2, 0.25) is 5.15 Å². The van der Waals surface area contributed by atoms with Gasteiger partial charge >= 0.3 is 0 Å². The molecule has 4 heterocycles. The Bertz CT molecular complexity index is 1230. The van der Waals surface area contributed by atoms with Crippen molar-refractivity contribution in [3.05, 3.63) is 46.0 Å². The minimum atomic E-state index is -3.21. The molecule has 4 rings (SSSR count). The predicted molar refractivity (Wildman–Crippen MR) is 118 cm³/mol. The molecule has 0 bridgehead atoms. The molecule has 0 radical (unpaired) electrons. The predicted octanol–water partition coefficient (Wildman–Crippen LogP) is 2.82. The van der Waals surface area contributed by atoms with Crippen molar-refractivity contribution >= 4 is 32.5 Å². The first-order valence-electron chi connectivity index (χ1n) is 10.5. The van der Waals surface area contributed by atoms with Gasteiger partial charge in [-0.15, -0.1) is 0 Å². The fourth-order valence-electron chi connectivity index (χ4n) is 4.20. The lowest BCUT2D eigenvalue weighted by atomic mass is 9.77. The van der Waals surface area contributed by atoms with Crippen molar-refractivity contribution in [1.29, 1.82) is 5.26 Å². The summed E-state index contributed by atoms with van der Waals surface area (Å²) in [6.45, 7) is 0.390. The van der Waals surface area contributed by atoms with Crippen LogP contribution in [0.25, 0.3) is 11.0 Å². The number of nitrogens with zero attached hydrogens (tertiary/aromatic N) is 4. The summed E-state index contributed by atoms with van der Waals surface area (Å²) in [5.74, 6) is -0.256. The summed E-state index contributed by atoms with van der Waals surface area (Å²) in [5.41, 5.74) is -0.846. The maximum absolute atomic E-state index is 13.5. The molecule has 0 N–H and O–H groups in total. The van der Waals surface area contributed by atoms with E-state index in [1.165, 1.54) is 23.4 Å². The van der Waals surface area contributed by atoms with Crippen LogP contribution in [0.1, 0.15) is 44.1 Å². The molecular weight excluding hydrogens is 456 g/mol. The van der Waals surface area contributed by atoms with Crippen molar-refractivity contribution in [2.75, 3.05) is 11.5 Å². The second kappa shape index (κ2) is 9.08. The molecule has 1 fully saturated rings. The Morgan fingerprint density at radius 2 is 1.91 bits per heavy atom. The number of rotatable bonds is 7. The molecule has 1 saturated heterocycles. The molecule has 2 aromatic heterocycles. The van der Waals surface area contributed by atoms with E-state index in [0.717, 1.165) is 19.3 Å². The summed E-state index contributed by atoms with van der Waals surface area (Å²) in [6, 6.07) is 3.80. The lowest BCUT2D eigenvalue weighted by molar-refractivity contribution is -0.0295. The zero-order valence-corrected chi connectivity index (χ0v) is 18.9. The highest BCUT2D eigenvalue weighted by Crippen LogP contribution is 2.36. The Morgan fingerprint density at radius 3 is 2.59 bits per heavy atom. The summed E-state index contributed by atoms with van der Waals surface area (Å²) >= 11 is 6.30. The van der Waals surface area contributed by atoms with Gasteiger partial charge in [-0.05, 0) is 31.7 Å². The summed E-state index contributed by atoms with van der Waals surface area (Å²) < 4.78 is 36.0. The number of aromatic nitrogens is 3. The van der Waals surface area contributed by atoms with Gasteiger partial charge in [-0.25, -0.2) is 18.4 Å². The van der Waals surface area contributed by atoms with E-state index in [-0.39, 0.29) is 46.9 Å². The first-order valence-corrected chi connectivity index (χ1v) is 12.7. The number of hydrogen-bond acceptors (Lipinski definition) is 8. The van der Waals surface area contributed by atoms with Gasteiger partial charge in [-0.1, -0.05) is 18.0 Å². The Balaban J connectivity index is 1.63. The van der Waals surface area contributed by atoms with E-state index in [0.29, 0.717) is 24.0 Å². The zero-order chi connectivity index (χ0) is 22.8. The van der Waals surface area contributed by atoms with E-state index < -0.39 is 15.3 Å². The first-order chi connectivity index (χ1) is 15.4. The molecule has 0 spiro atoms. The van der Waals surface area contributed by atoms with Gasteiger partial charge in [0.1, 0.15) is 39.5 Å². The van der Waals surface area contributed by atoms with E-state index in [4.69, 9.17) is 21.1 Å².